The summed E-state index contributed by atoms with van der Waals surface area (Å²) in [5, 5.41) is 10.9. The fraction of sp³-hybridized carbons (Fsp3) is 0.333. The first-order valence-electron chi connectivity index (χ1n) is 6.65. The van der Waals surface area contributed by atoms with Crippen molar-refractivity contribution in [2.24, 2.45) is 0 Å². The van der Waals surface area contributed by atoms with Gasteiger partial charge in [0.2, 0.25) is 0 Å². The highest BCUT2D eigenvalue weighted by Gasteiger charge is 2.30. The van der Waals surface area contributed by atoms with Gasteiger partial charge >= 0.3 is 5.97 Å². The molecule has 20 heavy (non-hydrogen) atoms. The Morgan fingerprint density at radius 2 is 2.35 bits per heavy atom. The molecule has 0 saturated carbocycles. The second-order valence-electron chi connectivity index (χ2n) is 5.11. The minimum absolute atomic E-state index is 0.396. The normalized spacial score (nSPS) is 19.6. The first-order valence-corrected chi connectivity index (χ1v) is 7.03. The quantitative estimate of drug-likeness (QED) is 0.944. The van der Waals surface area contributed by atoms with Crippen LogP contribution in [0, 0.1) is 0 Å². The van der Waals surface area contributed by atoms with Crippen LogP contribution in [0.2, 0.25) is 5.02 Å². The summed E-state index contributed by atoms with van der Waals surface area (Å²) in [5.74, 6) is -0.748. The maximum absolute atomic E-state index is 11.2. The molecular weight excluding hydrogens is 276 g/mol. The molecule has 3 rings (SSSR count). The van der Waals surface area contributed by atoms with Gasteiger partial charge in [-0.2, -0.15) is 0 Å². The van der Waals surface area contributed by atoms with Crippen LogP contribution in [0.3, 0.4) is 0 Å². The molecule has 1 fully saturated rings. The SMILES string of the molecule is O=C(O)[C@@H]1CCCN1Cc1cc(Cl)cc2cccnc12. The van der Waals surface area contributed by atoms with E-state index in [0.717, 1.165) is 29.4 Å². The van der Waals surface area contributed by atoms with Crippen molar-refractivity contribution in [2.45, 2.75) is 25.4 Å². The van der Waals surface area contributed by atoms with E-state index in [-0.39, 0.29) is 0 Å². The number of carboxylic acids is 1. The Bertz CT molecular complexity index is 659. The highest BCUT2D eigenvalue weighted by atomic mass is 35.5. The summed E-state index contributed by atoms with van der Waals surface area (Å²) in [6.07, 6.45) is 3.38. The van der Waals surface area contributed by atoms with Gasteiger partial charge in [-0.25, -0.2) is 0 Å². The van der Waals surface area contributed by atoms with Crippen LogP contribution in [-0.2, 0) is 11.3 Å². The van der Waals surface area contributed by atoms with Crippen molar-refractivity contribution >= 4 is 28.5 Å². The van der Waals surface area contributed by atoms with E-state index in [1.54, 1.807) is 6.20 Å². The zero-order valence-electron chi connectivity index (χ0n) is 10.9. The van der Waals surface area contributed by atoms with Crippen LogP contribution in [0.1, 0.15) is 18.4 Å². The summed E-state index contributed by atoms with van der Waals surface area (Å²) in [5.41, 5.74) is 1.88. The number of carbonyl (C=O) groups is 1. The lowest BCUT2D eigenvalue weighted by atomic mass is 10.1. The third-order valence-corrected chi connectivity index (χ3v) is 3.99. The number of pyridine rings is 1. The standard InChI is InChI=1S/C15H15ClN2O2/c16-12-7-10-3-1-5-17-14(10)11(8-12)9-18-6-2-4-13(18)15(19)20/h1,3,5,7-8,13H,2,4,6,9H2,(H,19,20)/t13-/m0/s1. The molecule has 0 unspecified atom stereocenters. The van der Waals surface area contributed by atoms with Gasteiger partial charge in [0, 0.05) is 23.2 Å². The van der Waals surface area contributed by atoms with Crippen molar-refractivity contribution in [3.8, 4) is 0 Å². The summed E-state index contributed by atoms with van der Waals surface area (Å²) < 4.78 is 0. The number of likely N-dealkylation sites (tertiary alicyclic amines) is 1. The number of benzene rings is 1. The van der Waals surface area contributed by atoms with E-state index in [2.05, 4.69) is 4.98 Å². The molecule has 1 N–H and O–H groups in total. The molecule has 0 aliphatic carbocycles. The lowest BCUT2D eigenvalue weighted by Gasteiger charge is -2.21. The maximum atomic E-state index is 11.2. The highest BCUT2D eigenvalue weighted by molar-refractivity contribution is 6.31. The Labute approximate surface area is 122 Å². The van der Waals surface area contributed by atoms with Crippen LogP contribution in [0.4, 0.5) is 0 Å². The van der Waals surface area contributed by atoms with Crippen molar-refractivity contribution in [1.82, 2.24) is 9.88 Å². The van der Waals surface area contributed by atoms with Crippen molar-refractivity contribution < 1.29 is 9.90 Å². The average molecular weight is 291 g/mol. The topological polar surface area (TPSA) is 53.4 Å². The number of aromatic nitrogens is 1. The molecule has 0 spiro atoms. The zero-order valence-corrected chi connectivity index (χ0v) is 11.7. The lowest BCUT2D eigenvalue weighted by Crippen LogP contribution is -2.35. The molecule has 1 aliphatic rings. The molecule has 0 amide bonds. The molecule has 2 heterocycles. The van der Waals surface area contributed by atoms with Crippen LogP contribution >= 0.6 is 11.6 Å². The molecule has 4 nitrogen and oxygen atoms in total. The van der Waals surface area contributed by atoms with Gasteiger partial charge in [0.25, 0.3) is 0 Å². The van der Waals surface area contributed by atoms with Crippen molar-refractivity contribution in [3.05, 3.63) is 41.0 Å². The summed E-state index contributed by atoms with van der Waals surface area (Å²) in [7, 11) is 0. The Hall–Kier alpha value is -1.65. The Balaban J connectivity index is 1.96. The van der Waals surface area contributed by atoms with E-state index < -0.39 is 12.0 Å². The largest absolute Gasteiger partial charge is 0.480 e. The van der Waals surface area contributed by atoms with Crippen LogP contribution in [-0.4, -0.2) is 33.5 Å². The number of fused-ring (bicyclic) bond motifs is 1. The molecule has 0 radical (unpaired) electrons. The molecule has 1 aromatic heterocycles. The molecular formula is C15H15ClN2O2. The van der Waals surface area contributed by atoms with Gasteiger partial charge in [-0.1, -0.05) is 17.7 Å². The summed E-state index contributed by atoms with van der Waals surface area (Å²) in [6, 6.07) is 7.21. The van der Waals surface area contributed by atoms with Crippen molar-refractivity contribution in [2.75, 3.05) is 6.54 Å². The van der Waals surface area contributed by atoms with Gasteiger partial charge in [0.05, 0.1) is 5.52 Å². The fourth-order valence-electron chi connectivity index (χ4n) is 2.86. The maximum Gasteiger partial charge on any atom is 0.320 e. The average Bonchev–Trinajstić information content (AvgIpc) is 2.87. The lowest BCUT2D eigenvalue weighted by molar-refractivity contribution is -0.142. The number of halogens is 1. The number of rotatable bonds is 3. The summed E-state index contributed by atoms with van der Waals surface area (Å²) >= 11 is 6.15. The van der Waals surface area contributed by atoms with Gasteiger partial charge in [-0.15, -0.1) is 0 Å². The molecule has 104 valence electrons. The molecule has 2 aromatic rings. The summed E-state index contributed by atoms with van der Waals surface area (Å²) in [4.78, 5) is 17.6. The number of aliphatic carboxylic acids is 1. The zero-order chi connectivity index (χ0) is 14.1. The van der Waals surface area contributed by atoms with Crippen LogP contribution in [0.25, 0.3) is 10.9 Å². The Kier molecular flexibility index (Phi) is 3.59. The molecule has 0 bridgehead atoms. The molecule has 1 atom stereocenters. The van der Waals surface area contributed by atoms with Crippen molar-refractivity contribution in [1.29, 1.82) is 0 Å². The van der Waals surface area contributed by atoms with E-state index in [1.807, 2.05) is 29.2 Å². The fourth-order valence-corrected chi connectivity index (χ4v) is 3.11. The highest BCUT2D eigenvalue weighted by Crippen LogP contribution is 2.26. The number of nitrogens with zero attached hydrogens (tertiary/aromatic N) is 2. The Morgan fingerprint density at radius 1 is 1.50 bits per heavy atom. The molecule has 1 aromatic carbocycles. The van der Waals surface area contributed by atoms with E-state index >= 15 is 0 Å². The third-order valence-electron chi connectivity index (χ3n) is 3.77. The van der Waals surface area contributed by atoms with Crippen LogP contribution in [0.5, 0.6) is 0 Å². The smallest absolute Gasteiger partial charge is 0.320 e. The minimum Gasteiger partial charge on any atom is -0.480 e. The van der Waals surface area contributed by atoms with Gasteiger partial charge in [0.1, 0.15) is 6.04 Å². The van der Waals surface area contributed by atoms with E-state index in [1.165, 1.54) is 0 Å². The number of carboxylic acid groups (broad SMARTS) is 1. The Morgan fingerprint density at radius 3 is 3.15 bits per heavy atom. The van der Waals surface area contributed by atoms with Gasteiger partial charge in [0.15, 0.2) is 0 Å². The van der Waals surface area contributed by atoms with Gasteiger partial charge in [-0.3, -0.25) is 14.7 Å². The molecule has 1 saturated heterocycles. The van der Waals surface area contributed by atoms with Crippen molar-refractivity contribution in [3.63, 3.8) is 0 Å². The third kappa shape index (κ3) is 2.49. The first-order chi connectivity index (χ1) is 9.65. The van der Waals surface area contributed by atoms with Gasteiger partial charge in [-0.05, 0) is 43.1 Å². The second-order valence-corrected chi connectivity index (χ2v) is 5.54. The van der Waals surface area contributed by atoms with E-state index in [9.17, 15) is 9.90 Å². The number of hydrogen-bond donors (Lipinski definition) is 1. The van der Waals surface area contributed by atoms with Crippen LogP contribution in [0.15, 0.2) is 30.5 Å². The van der Waals surface area contributed by atoms with E-state index in [4.69, 9.17) is 11.6 Å². The number of hydrogen-bond acceptors (Lipinski definition) is 3. The van der Waals surface area contributed by atoms with Gasteiger partial charge < -0.3 is 5.11 Å². The molecule has 5 heteroatoms. The monoisotopic (exact) mass is 290 g/mol. The first kappa shape index (κ1) is 13.3. The van der Waals surface area contributed by atoms with E-state index in [0.29, 0.717) is 18.0 Å². The molecule has 1 aliphatic heterocycles. The minimum atomic E-state index is -0.748. The van der Waals surface area contributed by atoms with Crippen LogP contribution < -0.4 is 0 Å². The predicted molar refractivity (Wildman–Crippen MR) is 77.8 cm³/mol. The predicted octanol–water partition coefficient (Wildman–Crippen LogP) is 2.94. The second kappa shape index (κ2) is 5.38. The summed E-state index contributed by atoms with van der Waals surface area (Å²) in [6.45, 7) is 1.38.